The van der Waals surface area contributed by atoms with Gasteiger partial charge in [-0.3, -0.25) is 0 Å². The second kappa shape index (κ2) is 7.19. The molecule has 1 aliphatic carbocycles. The maximum Gasteiger partial charge on any atom is 0.258 e. The average Bonchev–Trinajstić information content (AvgIpc) is 3.37. The SMILES string of the molecule is Cc1ccc(-c2cc(-c3nc(C4(N)CCC4)no3)c3cnn(C(C)C)c3n2)s1.Cl. The van der Waals surface area contributed by atoms with E-state index in [1.54, 1.807) is 11.3 Å². The van der Waals surface area contributed by atoms with Crippen LogP contribution < -0.4 is 5.73 Å². The molecule has 0 radical (unpaired) electrons. The molecule has 9 heteroatoms. The fourth-order valence-electron chi connectivity index (χ4n) is 3.59. The largest absolute Gasteiger partial charge is 0.334 e. The Morgan fingerprint density at radius 3 is 2.66 bits per heavy atom. The van der Waals surface area contributed by atoms with Crippen molar-refractivity contribution in [3.05, 3.63) is 35.1 Å². The van der Waals surface area contributed by atoms with E-state index in [0.29, 0.717) is 11.7 Å². The van der Waals surface area contributed by atoms with Crippen LogP contribution in [-0.4, -0.2) is 24.9 Å². The van der Waals surface area contributed by atoms with Crippen LogP contribution in [0.15, 0.2) is 28.9 Å². The Morgan fingerprint density at radius 2 is 2.03 bits per heavy atom. The van der Waals surface area contributed by atoms with Crippen LogP contribution >= 0.6 is 23.7 Å². The van der Waals surface area contributed by atoms with Gasteiger partial charge in [0.05, 0.1) is 33.3 Å². The molecule has 1 aliphatic rings. The van der Waals surface area contributed by atoms with Crippen molar-refractivity contribution in [2.75, 3.05) is 0 Å². The molecular formula is C20H23ClN6OS. The summed E-state index contributed by atoms with van der Waals surface area (Å²) in [5.41, 5.74) is 8.48. The van der Waals surface area contributed by atoms with Crippen LogP contribution in [0.4, 0.5) is 0 Å². The third-order valence-corrected chi connectivity index (χ3v) is 6.42. The van der Waals surface area contributed by atoms with E-state index < -0.39 is 5.54 Å². The molecule has 29 heavy (non-hydrogen) atoms. The van der Waals surface area contributed by atoms with Crippen molar-refractivity contribution in [2.45, 2.75) is 51.6 Å². The maximum absolute atomic E-state index is 6.38. The second-order valence-corrected chi connectivity index (χ2v) is 9.11. The van der Waals surface area contributed by atoms with Gasteiger partial charge in [0.25, 0.3) is 5.89 Å². The molecular weight excluding hydrogens is 408 g/mol. The van der Waals surface area contributed by atoms with E-state index in [0.717, 1.165) is 46.4 Å². The van der Waals surface area contributed by atoms with Crippen molar-refractivity contribution in [3.63, 3.8) is 0 Å². The molecule has 5 rings (SSSR count). The molecule has 0 saturated heterocycles. The number of aromatic nitrogens is 5. The van der Waals surface area contributed by atoms with Crippen molar-refractivity contribution < 1.29 is 4.52 Å². The van der Waals surface area contributed by atoms with Gasteiger partial charge in [-0.15, -0.1) is 23.7 Å². The van der Waals surface area contributed by atoms with Crippen LogP contribution in [-0.2, 0) is 5.54 Å². The normalized spacial score (nSPS) is 15.5. The zero-order valence-electron chi connectivity index (χ0n) is 16.5. The predicted octanol–water partition coefficient (Wildman–Crippen LogP) is 4.86. The molecule has 0 amide bonds. The lowest BCUT2D eigenvalue weighted by Crippen LogP contribution is -2.44. The van der Waals surface area contributed by atoms with E-state index in [1.807, 2.05) is 16.9 Å². The molecule has 0 atom stereocenters. The second-order valence-electron chi connectivity index (χ2n) is 7.82. The summed E-state index contributed by atoms with van der Waals surface area (Å²) in [5.74, 6) is 1.06. The topological polar surface area (TPSA) is 95.6 Å². The number of rotatable bonds is 4. The smallest absolute Gasteiger partial charge is 0.258 e. The molecule has 152 valence electrons. The van der Waals surface area contributed by atoms with Gasteiger partial charge in [-0.1, -0.05) is 5.16 Å². The van der Waals surface area contributed by atoms with E-state index in [9.17, 15) is 0 Å². The van der Waals surface area contributed by atoms with Crippen LogP contribution in [0, 0.1) is 6.92 Å². The molecule has 1 saturated carbocycles. The van der Waals surface area contributed by atoms with Gasteiger partial charge in [-0.2, -0.15) is 10.1 Å². The summed E-state index contributed by atoms with van der Waals surface area (Å²) in [6, 6.07) is 6.40. The quantitative estimate of drug-likeness (QED) is 0.496. The first-order chi connectivity index (χ1) is 13.4. The van der Waals surface area contributed by atoms with Crippen molar-refractivity contribution >= 4 is 34.8 Å². The van der Waals surface area contributed by atoms with Crippen molar-refractivity contribution in [2.24, 2.45) is 5.73 Å². The molecule has 2 N–H and O–H groups in total. The number of halogens is 1. The number of thiophene rings is 1. The number of hydrogen-bond donors (Lipinski definition) is 1. The number of fused-ring (bicyclic) bond motifs is 1. The molecule has 4 heterocycles. The molecule has 0 bridgehead atoms. The molecule has 0 spiro atoms. The summed E-state index contributed by atoms with van der Waals surface area (Å²) < 4.78 is 7.57. The van der Waals surface area contributed by atoms with Crippen LogP contribution in [0.1, 0.15) is 49.9 Å². The third-order valence-electron chi connectivity index (χ3n) is 5.40. The van der Waals surface area contributed by atoms with Crippen LogP contribution in [0.2, 0.25) is 0 Å². The Morgan fingerprint density at radius 1 is 1.24 bits per heavy atom. The first-order valence-electron chi connectivity index (χ1n) is 9.53. The summed E-state index contributed by atoms with van der Waals surface area (Å²) in [6.45, 7) is 6.28. The molecule has 0 aromatic carbocycles. The standard InChI is InChI=1S/C20H22N6OS.ClH/c1-11(2)26-17-14(10-22-26)13(9-15(23-17)16-6-5-12(3)28-16)18-24-19(25-27-18)20(21)7-4-8-20;/h5-6,9-11H,4,7-8,21H2,1-3H3;1H. The fourth-order valence-corrected chi connectivity index (χ4v) is 4.42. The molecule has 4 aromatic rings. The Balaban J connectivity index is 0.00000205. The lowest BCUT2D eigenvalue weighted by Gasteiger charge is -2.34. The van der Waals surface area contributed by atoms with Crippen LogP contribution in [0.5, 0.6) is 0 Å². The van der Waals surface area contributed by atoms with Gasteiger partial charge in [0.15, 0.2) is 11.5 Å². The van der Waals surface area contributed by atoms with Gasteiger partial charge in [0.2, 0.25) is 0 Å². The Hall–Kier alpha value is -2.29. The van der Waals surface area contributed by atoms with E-state index in [4.69, 9.17) is 15.2 Å². The van der Waals surface area contributed by atoms with Crippen LogP contribution in [0.3, 0.4) is 0 Å². The molecule has 0 aliphatic heterocycles. The highest BCUT2D eigenvalue weighted by atomic mass is 35.5. The number of nitrogens with zero attached hydrogens (tertiary/aromatic N) is 5. The minimum atomic E-state index is -0.455. The molecule has 7 nitrogen and oxygen atoms in total. The zero-order valence-corrected chi connectivity index (χ0v) is 18.2. The summed E-state index contributed by atoms with van der Waals surface area (Å²) in [7, 11) is 0. The van der Waals surface area contributed by atoms with Crippen molar-refractivity contribution in [1.29, 1.82) is 0 Å². The summed E-state index contributed by atoms with van der Waals surface area (Å²) in [6.07, 6.45) is 4.71. The van der Waals surface area contributed by atoms with E-state index >= 15 is 0 Å². The molecule has 1 fully saturated rings. The third kappa shape index (κ3) is 3.25. The number of nitrogens with two attached hydrogens (primary N) is 1. The fraction of sp³-hybridized carbons (Fsp3) is 0.400. The summed E-state index contributed by atoms with van der Waals surface area (Å²) in [4.78, 5) is 11.9. The maximum atomic E-state index is 6.38. The summed E-state index contributed by atoms with van der Waals surface area (Å²) >= 11 is 1.71. The van der Waals surface area contributed by atoms with Crippen LogP contribution in [0.25, 0.3) is 33.1 Å². The lowest BCUT2D eigenvalue weighted by molar-refractivity contribution is 0.229. The summed E-state index contributed by atoms with van der Waals surface area (Å²) in [5, 5.41) is 9.64. The van der Waals surface area contributed by atoms with Gasteiger partial charge < -0.3 is 10.3 Å². The van der Waals surface area contributed by atoms with Gasteiger partial charge in [0.1, 0.15) is 0 Å². The lowest BCUT2D eigenvalue weighted by atomic mass is 9.77. The van der Waals surface area contributed by atoms with Crippen molar-refractivity contribution in [3.8, 4) is 22.0 Å². The van der Waals surface area contributed by atoms with Gasteiger partial charge in [-0.25, -0.2) is 9.67 Å². The van der Waals surface area contributed by atoms with E-state index in [1.165, 1.54) is 4.88 Å². The number of hydrogen-bond acceptors (Lipinski definition) is 7. The van der Waals surface area contributed by atoms with Gasteiger partial charge in [-0.05, 0) is 58.2 Å². The Bertz CT molecular complexity index is 1170. The number of aryl methyl sites for hydroxylation is 1. The predicted molar refractivity (Wildman–Crippen MR) is 116 cm³/mol. The van der Waals surface area contributed by atoms with E-state index in [-0.39, 0.29) is 18.4 Å². The minimum absolute atomic E-state index is 0. The monoisotopic (exact) mass is 430 g/mol. The van der Waals surface area contributed by atoms with E-state index in [2.05, 4.69) is 48.1 Å². The average molecular weight is 431 g/mol. The zero-order chi connectivity index (χ0) is 19.5. The molecule has 0 unspecified atom stereocenters. The first kappa shape index (κ1) is 20.0. The van der Waals surface area contributed by atoms with Gasteiger partial charge >= 0.3 is 0 Å². The molecule has 4 aromatic heterocycles. The van der Waals surface area contributed by atoms with Crippen molar-refractivity contribution in [1.82, 2.24) is 24.9 Å². The minimum Gasteiger partial charge on any atom is -0.334 e. The highest BCUT2D eigenvalue weighted by Crippen LogP contribution is 2.39. The van der Waals surface area contributed by atoms with Gasteiger partial charge in [0, 0.05) is 10.9 Å². The highest BCUT2D eigenvalue weighted by Gasteiger charge is 2.39. The Kier molecular flexibility index (Phi) is 4.96. The first-order valence-corrected chi connectivity index (χ1v) is 10.3. The Labute approximate surface area is 178 Å². The highest BCUT2D eigenvalue weighted by molar-refractivity contribution is 7.15. The number of pyridine rings is 1.